The molecule has 0 bridgehead atoms. The summed E-state index contributed by atoms with van der Waals surface area (Å²) in [5.74, 6) is 0. The topological polar surface area (TPSA) is 810 Å². The molecule has 0 unspecified atom stereocenters. The van der Waals surface area contributed by atoms with Crippen molar-refractivity contribution in [2.24, 2.45) is 0 Å². The third kappa shape index (κ3) is 1040. The molecule has 0 radical (unpaired) electrons. The molecule has 0 aromatic rings. The van der Waals surface area contributed by atoms with E-state index in [2.05, 4.69) is 0 Å². The Morgan fingerprint density at radius 1 is 0.224 bits per heavy atom. The zero-order valence-corrected chi connectivity index (χ0v) is 79.2. The van der Waals surface area contributed by atoms with Crippen LogP contribution in [-0.2, 0) is 33.2 Å². The molecular formula is H4As4Ca7O36P4Sr7. The van der Waals surface area contributed by atoms with Gasteiger partial charge in [0.2, 0.25) is 0 Å². The first-order chi connectivity index (χ1) is 16.0. The van der Waals surface area contributed by atoms with E-state index in [1.807, 2.05) is 0 Å². The molecule has 0 saturated carbocycles. The van der Waals surface area contributed by atoms with E-state index < -0.39 is 89.3 Å². The van der Waals surface area contributed by atoms with Crippen LogP contribution >= 0.6 is 31.3 Å². The summed E-state index contributed by atoms with van der Waals surface area (Å²) < 4.78 is 172. The molecule has 0 amide bonds. The van der Waals surface area contributed by atoms with Crippen molar-refractivity contribution >= 4 is 672 Å². The minimum atomic E-state index is -5.88. The first-order valence-corrected chi connectivity index (χ1v) is 23.9. The van der Waals surface area contributed by atoms with Crippen LogP contribution in [0, 0.1) is 0 Å². The maximum Gasteiger partial charge on any atom is 2.00 e. The monoisotopic (exact) mass is 1900 g/mol. The Morgan fingerprint density at radius 2 is 0.224 bits per heavy atom. The summed E-state index contributed by atoms with van der Waals surface area (Å²) in [4.78, 5) is 103. The van der Waals surface area contributed by atoms with Crippen molar-refractivity contribution in [1.82, 2.24) is 0 Å². The molecule has 0 aromatic carbocycles. The van der Waals surface area contributed by atoms with Crippen LogP contribution in [0.4, 0.5) is 0 Å². The largest absolute Gasteiger partial charge is 2.00 e. The van der Waals surface area contributed by atoms with Crippen molar-refractivity contribution in [1.29, 1.82) is 0 Å². The van der Waals surface area contributed by atoms with Crippen LogP contribution in [0.1, 0.15) is 0 Å². The van der Waals surface area contributed by atoms with Gasteiger partial charge < -0.3 is 98.9 Å². The predicted octanol–water partition coefficient (Wildman–Crippen LogP) is -33.6. The molecule has 0 fully saturated rings. The molecule has 0 saturated heterocycles. The predicted molar refractivity (Wildman–Crippen MR) is 144 cm³/mol. The van der Waals surface area contributed by atoms with E-state index in [9.17, 15) is 0 Å². The Balaban J connectivity index is -0.00000000805. The number of hydrogen-bond acceptors (Lipinski definition) is 36. The summed E-state index contributed by atoms with van der Waals surface area (Å²) >= 11 is -23.5. The quantitative estimate of drug-likeness (QED) is 0.160. The van der Waals surface area contributed by atoms with Gasteiger partial charge in [-0.25, -0.2) is 0 Å². The Kier molecular flexibility index (Phi) is 285. The molecule has 0 aliphatic carbocycles. The van der Waals surface area contributed by atoms with E-state index in [0.29, 0.717) is 0 Å². The van der Waals surface area contributed by atoms with Crippen LogP contribution in [0.15, 0.2) is 0 Å². The molecule has 58 heteroatoms. The summed E-state index contributed by atoms with van der Waals surface area (Å²) in [5.41, 5.74) is 0. The zero-order valence-electron chi connectivity index (χ0n) is 28.3. The number of rotatable bonds is 0. The van der Waals surface area contributed by atoms with Crippen LogP contribution in [0.3, 0.4) is 0 Å². The van der Waals surface area contributed by atoms with Gasteiger partial charge in [0.25, 0.3) is 0 Å². The van der Waals surface area contributed by atoms with E-state index >= 15 is 0 Å². The van der Waals surface area contributed by atoms with Gasteiger partial charge in [0, 0.05) is 0 Å². The Hall–Kier alpha value is 20.4. The third-order valence-electron chi connectivity index (χ3n) is 0. The number of phosphoric acid groups is 4. The summed E-state index contributed by atoms with van der Waals surface area (Å²) in [6.45, 7) is 0. The van der Waals surface area contributed by atoms with Gasteiger partial charge in [-0.3, -0.25) is 0 Å². The van der Waals surface area contributed by atoms with Crippen molar-refractivity contribution in [3.8, 4) is 0 Å². The van der Waals surface area contributed by atoms with Crippen LogP contribution < -0.4 is 108 Å². The average Bonchev–Trinajstić information content (AvgIpc) is 2.16. The van der Waals surface area contributed by atoms with E-state index in [4.69, 9.17) is 141 Å². The van der Waals surface area contributed by atoms with Crippen molar-refractivity contribution in [3.63, 3.8) is 0 Å². The normalized spacial score (nSPS) is 8.14. The fraction of sp³-hybridized carbons (Fsp3) is 0. The van der Waals surface area contributed by atoms with Gasteiger partial charge in [0.1, 0.15) is 0 Å². The van der Waals surface area contributed by atoms with Crippen molar-refractivity contribution < 1.29 is 163 Å². The summed E-state index contributed by atoms with van der Waals surface area (Å²) in [6.07, 6.45) is 0. The third-order valence-corrected chi connectivity index (χ3v) is 0. The van der Waals surface area contributed by atoms with Crippen LogP contribution in [0.25, 0.3) is 0 Å². The molecule has 4 N–H and O–H groups in total. The molecule has 0 heterocycles. The second-order valence-electron chi connectivity index (χ2n) is 3.58. The molecule has 36 nitrogen and oxygen atoms in total. The van der Waals surface area contributed by atoms with Crippen molar-refractivity contribution in [3.05, 3.63) is 0 Å². The van der Waals surface area contributed by atoms with Gasteiger partial charge in [0.05, 0.1) is 0 Å². The fourth-order valence-corrected chi connectivity index (χ4v) is 0. The van der Waals surface area contributed by atoms with Gasteiger partial charge in [-0.1, -0.05) is 0 Å². The fourth-order valence-electron chi connectivity index (χ4n) is 0. The van der Waals surface area contributed by atoms with E-state index in [0.717, 1.165) is 0 Å². The molecule has 0 aliphatic rings. The maximum absolute atomic E-state index is 8.61. The number of hydrogen-bond donors (Lipinski definition) is 0. The summed E-state index contributed by atoms with van der Waals surface area (Å²) in [5, 5.41) is 0. The first kappa shape index (κ1) is 171. The molecule has 0 aromatic heterocycles. The van der Waals surface area contributed by atoms with Gasteiger partial charge in [-0.05, 0) is 0 Å². The molecule has 0 rings (SSSR count). The molecule has 288 valence electrons. The maximum atomic E-state index is 8.61. The Morgan fingerprint density at radius 3 is 0.224 bits per heavy atom. The van der Waals surface area contributed by atoms with Crippen LogP contribution in [-0.4, -0.2) is 662 Å². The standard InChI is InChI=1S/4AsH3O4.7Ca.4H3O4P.4H2O.7Sr/c4*2-1(3,4)5;;;;;;;;4*1-5(2,3)4;;;;;;;;;;;/h4*(H3,2,3,4,5);;;;;;;;4*(H3,1,2,3,4);4*1H2;;;;;;;/q;;;;7*+2;;;;;;;;;7*+2/p-28. The van der Waals surface area contributed by atoms with Crippen molar-refractivity contribution in [2.45, 2.75) is 0 Å². The second kappa shape index (κ2) is 96.6. The molecular weight excluding hydrogens is 1890 g/mol. The van der Waals surface area contributed by atoms with Crippen LogP contribution in [0.2, 0.25) is 0 Å². The minimum Gasteiger partial charge on any atom is -0.870 e. The molecule has 0 atom stereocenters. The van der Waals surface area contributed by atoms with Crippen molar-refractivity contribution in [2.75, 3.05) is 0 Å². The first-order valence-electron chi connectivity index (χ1n) is 5.84. The van der Waals surface area contributed by atoms with E-state index in [-0.39, 0.29) is 604 Å². The van der Waals surface area contributed by atoms with E-state index in [1.165, 1.54) is 0 Å². The summed E-state index contributed by atoms with van der Waals surface area (Å²) in [7, 11) is -21.6. The Bertz CT molecular complexity index is 708. The SMILES string of the molecule is O=P([O-])([O-])[O-].O=P([O-])([O-])[O-].O=P([O-])([O-])[O-].O=P([O-])([O-])[O-].O=[As]([O-])([O-])[O-].O=[As]([O-])([O-])[O-].O=[As]([O-])([O-])[O-].O=[As]([O-])([O-])[O-].[Ca+2].[Ca+2].[Ca+2].[Ca+2].[Ca+2].[Ca+2].[Ca+2].[OH-].[OH-].[OH-].[OH-].[Sr+2].[Sr+2].[Sr+2].[Sr+2].[Sr+2].[Sr+2].[Sr+2]. The molecule has 58 heavy (non-hydrogen) atoms. The minimum absolute atomic E-state index is 0. The van der Waals surface area contributed by atoms with Gasteiger partial charge >= 0.3 is 705 Å². The Labute approximate surface area is 808 Å². The van der Waals surface area contributed by atoms with Gasteiger partial charge in [-0.2, -0.15) is 31.3 Å². The zero-order chi connectivity index (χ0) is 36.0. The summed E-state index contributed by atoms with van der Waals surface area (Å²) in [6, 6.07) is 0. The second-order valence-corrected chi connectivity index (χ2v) is 14.7. The van der Waals surface area contributed by atoms with E-state index in [1.54, 1.807) is 0 Å². The average molecular weight is 1900 g/mol. The van der Waals surface area contributed by atoms with Gasteiger partial charge in [0.15, 0.2) is 0 Å². The molecule has 0 aliphatic heterocycles. The smallest absolute Gasteiger partial charge is 0.870 e. The van der Waals surface area contributed by atoms with Crippen LogP contribution in [0.5, 0.6) is 0 Å². The van der Waals surface area contributed by atoms with Gasteiger partial charge in [-0.15, -0.1) is 0 Å². The molecule has 0 spiro atoms.